The Bertz CT molecular complexity index is 1200. The number of aryl methyl sites for hydroxylation is 1. The molecule has 2 aromatic heterocycles. The highest BCUT2D eigenvalue weighted by Crippen LogP contribution is 2.37. The van der Waals surface area contributed by atoms with Crippen LogP contribution < -0.4 is 11.3 Å². The first-order valence-electron chi connectivity index (χ1n) is 9.50. The first-order chi connectivity index (χ1) is 13.4. The molecule has 3 aromatic rings. The lowest BCUT2D eigenvalue weighted by molar-refractivity contribution is 0.626. The number of nitrogens with two attached hydrogens (primary N) is 1. The molecule has 0 fully saturated rings. The predicted molar refractivity (Wildman–Crippen MR) is 117 cm³/mol. The second-order valence-corrected chi connectivity index (χ2v) is 8.13. The summed E-state index contributed by atoms with van der Waals surface area (Å²) >= 11 is 1.44. The SMILES string of the molecule is CCC(CC)c1nn2c(N)c(/C=C3\C(C)=Nc4ccc(C)cc43)c(=O)nc2s1. The molecule has 0 spiro atoms. The van der Waals surface area contributed by atoms with Crippen molar-refractivity contribution in [3.8, 4) is 0 Å². The minimum atomic E-state index is -0.335. The third-order valence-corrected chi connectivity index (χ3v) is 6.32. The van der Waals surface area contributed by atoms with Crippen LogP contribution in [0, 0.1) is 6.92 Å². The summed E-state index contributed by atoms with van der Waals surface area (Å²) < 4.78 is 1.60. The molecule has 4 rings (SSSR count). The van der Waals surface area contributed by atoms with E-state index in [-0.39, 0.29) is 5.56 Å². The van der Waals surface area contributed by atoms with Crippen molar-refractivity contribution in [3.05, 3.63) is 50.3 Å². The maximum atomic E-state index is 12.7. The number of anilines is 1. The number of aromatic nitrogens is 3. The Morgan fingerprint density at radius 1 is 1.25 bits per heavy atom. The molecule has 28 heavy (non-hydrogen) atoms. The molecule has 0 saturated heterocycles. The van der Waals surface area contributed by atoms with Gasteiger partial charge in [0.2, 0.25) is 4.96 Å². The fourth-order valence-electron chi connectivity index (χ4n) is 3.56. The van der Waals surface area contributed by atoms with Crippen molar-refractivity contribution in [3.63, 3.8) is 0 Å². The van der Waals surface area contributed by atoms with Crippen LogP contribution in [0.15, 0.2) is 28.0 Å². The molecule has 0 radical (unpaired) electrons. The van der Waals surface area contributed by atoms with E-state index >= 15 is 0 Å². The summed E-state index contributed by atoms with van der Waals surface area (Å²) in [4.78, 5) is 22.1. The molecule has 1 aliphatic heterocycles. The van der Waals surface area contributed by atoms with Gasteiger partial charge >= 0.3 is 0 Å². The Morgan fingerprint density at radius 3 is 2.71 bits per heavy atom. The Balaban J connectivity index is 1.89. The average molecular weight is 394 g/mol. The fraction of sp³-hybridized carbons (Fsp3) is 0.333. The molecular formula is C21H23N5OS. The van der Waals surface area contributed by atoms with E-state index in [1.54, 1.807) is 10.6 Å². The zero-order valence-corrected chi connectivity index (χ0v) is 17.3. The predicted octanol–water partition coefficient (Wildman–Crippen LogP) is 4.59. The molecule has 2 N–H and O–H groups in total. The summed E-state index contributed by atoms with van der Waals surface area (Å²) in [6, 6.07) is 6.11. The van der Waals surface area contributed by atoms with Crippen LogP contribution in [0.3, 0.4) is 0 Å². The van der Waals surface area contributed by atoms with Crippen LogP contribution in [0.2, 0.25) is 0 Å². The summed E-state index contributed by atoms with van der Waals surface area (Å²) in [5.74, 6) is 0.673. The molecule has 1 aromatic carbocycles. The van der Waals surface area contributed by atoms with E-state index in [4.69, 9.17) is 5.73 Å². The molecule has 6 nitrogen and oxygen atoms in total. The van der Waals surface area contributed by atoms with Gasteiger partial charge in [-0.3, -0.25) is 9.79 Å². The van der Waals surface area contributed by atoms with E-state index in [1.807, 2.05) is 26.0 Å². The summed E-state index contributed by atoms with van der Waals surface area (Å²) in [5, 5.41) is 5.62. The van der Waals surface area contributed by atoms with Crippen LogP contribution in [0.1, 0.15) is 61.2 Å². The molecule has 0 amide bonds. The normalized spacial score (nSPS) is 14.9. The molecule has 0 atom stereocenters. The Kier molecular flexibility index (Phi) is 4.63. The van der Waals surface area contributed by atoms with E-state index < -0.39 is 0 Å². The Hall–Kier alpha value is -2.80. The average Bonchev–Trinajstić information content (AvgIpc) is 3.21. The third-order valence-electron chi connectivity index (χ3n) is 5.25. The Morgan fingerprint density at radius 2 is 2.00 bits per heavy atom. The van der Waals surface area contributed by atoms with Crippen molar-refractivity contribution < 1.29 is 0 Å². The molecule has 0 aliphatic carbocycles. The molecular weight excluding hydrogens is 370 g/mol. The van der Waals surface area contributed by atoms with Crippen molar-refractivity contribution in [1.82, 2.24) is 14.6 Å². The molecule has 0 bridgehead atoms. The van der Waals surface area contributed by atoms with Crippen molar-refractivity contribution in [2.75, 3.05) is 5.73 Å². The number of nitrogens with zero attached hydrogens (tertiary/aromatic N) is 4. The van der Waals surface area contributed by atoms with Crippen molar-refractivity contribution >= 4 is 45.2 Å². The zero-order chi connectivity index (χ0) is 20.0. The molecule has 7 heteroatoms. The highest BCUT2D eigenvalue weighted by Gasteiger charge is 2.21. The minimum Gasteiger partial charge on any atom is -0.383 e. The monoisotopic (exact) mass is 393 g/mol. The standard InChI is InChI=1S/C21H23N5OS/c1-5-13(6-2)20-25-26-18(22)16(19(27)24-21(26)28-20)10-14-12(4)23-17-8-7-11(3)9-15(14)17/h7-10,13H,5-6,22H2,1-4H3/b14-10+. The van der Waals surface area contributed by atoms with E-state index in [0.717, 1.165) is 45.9 Å². The summed E-state index contributed by atoms with van der Waals surface area (Å²) in [6.45, 7) is 8.25. The van der Waals surface area contributed by atoms with Gasteiger partial charge in [0.25, 0.3) is 5.56 Å². The van der Waals surface area contributed by atoms with E-state index in [2.05, 4.69) is 35.0 Å². The third kappa shape index (κ3) is 2.96. The molecule has 144 valence electrons. The maximum Gasteiger partial charge on any atom is 0.283 e. The van der Waals surface area contributed by atoms with Gasteiger partial charge in [-0.1, -0.05) is 36.8 Å². The van der Waals surface area contributed by atoms with Crippen LogP contribution >= 0.6 is 11.3 Å². The Labute approximate surface area is 167 Å². The zero-order valence-electron chi connectivity index (χ0n) is 16.5. The second kappa shape index (κ2) is 6.98. The molecule has 1 aliphatic rings. The number of rotatable bonds is 4. The quantitative estimate of drug-likeness (QED) is 0.702. The fourth-order valence-corrected chi connectivity index (χ4v) is 4.72. The van der Waals surface area contributed by atoms with Gasteiger partial charge in [0.15, 0.2) is 0 Å². The van der Waals surface area contributed by atoms with Crippen molar-refractivity contribution in [2.45, 2.75) is 46.5 Å². The molecule has 0 saturated carbocycles. The van der Waals surface area contributed by atoms with Gasteiger partial charge in [-0.25, -0.2) is 0 Å². The highest BCUT2D eigenvalue weighted by atomic mass is 32.1. The van der Waals surface area contributed by atoms with Gasteiger partial charge in [0.05, 0.1) is 11.3 Å². The first-order valence-corrected chi connectivity index (χ1v) is 10.3. The topological polar surface area (TPSA) is 85.6 Å². The number of nitrogen functional groups attached to an aromatic ring is 1. The second-order valence-electron chi connectivity index (χ2n) is 7.14. The van der Waals surface area contributed by atoms with Crippen LogP contribution in [-0.4, -0.2) is 20.3 Å². The van der Waals surface area contributed by atoms with Gasteiger partial charge in [-0.05, 0) is 44.9 Å². The van der Waals surface area contributed by atoms with Crippen LogP contribution in [0.25, 0.3) is 16.6 Å². The lowest BCUT2D eigenvalue weighted by Crippen LogP contribution is -2.17. The summed E-state index contributed by atoms with van der Waals surface area (Å²) in [6.07, 6.45) is 3.78. The van der Waals surface area contributed by atoms with Gasteiger partial charge in [0, 0.05) is 22.8 Å². The number of aliphatic imine (C=N–C) groups is 1. The largest absolute Gasteiger partial charge is 0.383 e. The molecule has 3 heterocycles. The van der Waals surface area contributed by atoms with Gasteiger partial charge < -0.3 is 5.73 Å². The minimum absolute atomic E-state index is 0.324. The van der Waals surface area contributed by atoms with E-state index in [9.17, 15) is 4.79 Å². The first kappa shape index (κ1) is 18.6. The number of fused-ring (bicyclic) bond motifs is 2. The number of hydrogen-bond donors (Lipinski definition) is 1. The number of allylic oxidation sites excluding steroid dienone is 1. The van der Waals surface area contributed by atoms with Gasteiger partial charge in [-0.15, -0.1) is 0 Å². The van der Waals surface area contributed by atoms with E-state index in [1.165, 1.54) is 11.3 Å². The lowest BCUT2D eigenvalue weighted by Gasteiger charge is -2.06. The number of benzene rings is 1. The van der Waals surface area contributed by atoms with Crippen LogP contribution in [-0.2, 0) is 0 Å². The highest BCUT2D eigenvalue weighted by molar-refractivity contribution is 7.16. The summed E-state index contributed by atoms with van der Waals surface area (Å²) in [7, 11) is 0. The summed E-state index contributed by atoms with van der Waals surface area (Å²) in [5.41, 5.74) is 11.2. The van der Waals surface area contributed by atoms with Crippen molar-refractivity contribution in [2.24, 2.45) is 4.99 Å². The van der Waals surface area contributed by atoms with Crippen LogP contribution in [0.4, 0.5) is 11.5 Å². The van der Waals surface area contributed by atoms with Gasteiger partial charge in [-0.2, -0.15) is 14.6 Å². The smallest absolute Gasteiger partial charge is 0.283 e. The van der Waals surface area contributed by atoms with Crippen LogP contribution in [0.5, 0.6) is 0 Å². The van der Waals surface area contributed by atoms with Gasteiger partial charge in [0.1, 0.15) is 10.8 Å². The number of hydrogen-bond acceptors (Lipinski definition) is 6. The van der Waals surface area contributed by atoms with Crippen molar-refractivity contribution in [1.29, 1.82) is 0 Å². The maximum absolute atomic E-state index is 12.7. The lowest BCUT2D eigenvalue weighted by atomic mass is 9.99. The molecule has 0 unspecified atom stereocenters. The van der Waals surface area contributed by atoms with E-state index in [0.29, 0.717) is 22.3 Å².